The average Bonchev–Trinajstić information content (AvgIpc) is 2.91. The van der Waals surface area contributed by atoms with Gasteiger partial charge >= 0.3 is 0 Å². The van der Waals surface area contributed by atoms with E-state index in [4.69, 9.17) is 16.1 Å². The number of halogens is 1. The molecule has 3 aromatic rings. The minimum Gasteiger partial charge on any atom is -0.334 e. The van der Waals surface area contributed by atoms with Crippen LogP contribution in [0.2, 0.25) is 5.02 Å². The molecule has 20 heavy (non-hydrogen) atoms. The van der Waals surface area contributed by atoms with E-state index in [9.17, 15) is 0 Å². The minimum atomic E-state index is 0.425. The molecule has 6 heteroatoms. The molecule has 2 aromatic heterocycles. The Morgan fingerprint density at radius 1 is 1.10 bits per heavy atom. The van der Waals surface area contributed by atoms with Gasteiger partial charge in [-0.2, -0.15) is 4.98 Å². The van der Waals surface area contributed by atoms with Crippen LogP contribution in [0.1, 0.15) is 17.2 Å². The largest absolute Gasteiger partial charge is 0.334 e. The monoisotopic (exact) mass is 286 g/mol. The van der Waals surface area contributed by atoms with Crippen molar-refractivity contribution in [2.75, 3.05) is 0 Å². The van der Waals surface area contributed by atoms with Crippen LogP contribution in [0.4, 0.5) is 0 Å². The predicted molar refractivity (Wildman–Crippen MR) is 74.3 cm³/mol. The van der Waals surface area contributed by atoms with Crippen LogP contribution >= 0.6 is 11.6 Å². The van der Waals surface area contributed by atoms with Crippen LogP contribution in [0.15, 0.2) is 41.2 Å². The van der Waals surface area contributed by atoms with Gasteiger partial charge in [0.15, 0.2) is 5.82 Å². The maximum absolute atomic E-state index is 5.85. The predicted octanol–water partition coefficient (Wildman–Crippen LogP) is 3.08. The fourth-order valence-corrected chi connectivity index (χ4v) is 1.86. The lowest BCUT2D eigenvalue weighted by Crippen LogP contribution is -1.91. The summed E-state index contributed by atoms with van der Waals surface area (Å²) in [6.07, 6.45) is 3.93. The third kappa shape index (κ3) is 2.83. The maximum atomic E-state index is 5.85. The zero-order valence-corrected chi connectivity index (χ0v) is 11.5. The Bertz CT molecular complexity index is 707. The Kier molecular flexibility index (Phi) is 3.43. The van der Waals surface area contributed by atoms with Crippen molar-refractivity contribution in [3.63, 3.8) is 0 Å². The van der Waals surface area contributed by atoms with Gasteiger partial charge in [-0.3, -0.25) is 0 Å². The molecule has 0 saturated carbocycles. The second kappa shape index (κ2) is 5.38. The number of aromatic nitrogens is 4. The van der Waals surface area contributed by atoms with Crippen LogP contribution in [-0.4, -0.2) is 20.1 Å². The molecule has 2 heterocycles. The fourth-order valence-electron chi connectivity index (χ4n) is 1.73. The molecule has 0 aliphatic rings. The Hall–Kier alpha value is -2.27. The lowest BCUT2D eigenvalue weighted by atomic mass is 10.1. The summed E-state index contributed by atoms with van der Waals surface area (Å²) in [7, 11) is 0. The quantitative estimate of drug-likeness (QED) is 0.740. The van der Waals surface area contributed by atoms with Crippen LogP contribution in [0.25, 0.3) is 11.5 Å². The summed E-state index contributed by atoms with van der Waals surface area (Å²) in [6, 6.07) is 7.55. The first-order valence-electron chi connectivity index (χ1n) is 6.07. The number of hydrogen-bond acceptors (Lipinski definition) is 5. The molecule has 0 N–H and O–H groups in total. The third-order valence-corrected chi connectivity index (χ3v) is 3.02. The van der Waals surface area contributed by atoms with E-state index >= 15 is 0 Å². The summed E-state index contributed by atoms with van der Waals surface area (Å²) < 4.78 is 5.22. The van der Waals surface area contributed by atoms with Gasteiger partial charge in [0, 0.05) is 23.8 Å². The Morgan fingerprint density at radius 3 is 2.50 bits per heavy atom. The Morgan fingerprint density at radius 2 is 1.80 bits per heavy atom. The molecule has 0 unspecified atom stereocenters. The van der Waals surface area contributed by atoms with E-state index in [0.29, 0.717) is 34.5 Å². The number of benzene rings is 1. The topological polar surface area (TPSA) is 64.7 Å². The van der Waals surface area contributed by atoms with Gasteiger partial charge in [-0.1, -0.05) is 28.9 Å². The van der Waals surface area contributed by atoms with Crippen molar-refractivity contribution in [3.8, 4) is 11.5 Å². The molecule has 100 valence electrons. The van der Waals surface area contributed by atoms with Gasteiger partial charge in [0.05, 0.1) is 5.56 Å². The highest BCUT2D eigenvalue weighted by Gasteiger charge is 2.10. The van der Waals surface area contributed by atoms with Crippen LogP contribution in [0.5, 0.6) is 0 Å². The SMILES string of the molecule is Cc1ncc(-c2nc(Cc3ccc(Cl)cc3)no2)cn1. The molecule has 0 saturated heterocycles. The normalized spacial score (nSPS) is 10.7. The number of rotatable bonds is 3. The molecule has 1 aromatic carbocycles. The van der Waals surface area contributed by atoms with E-state index in [1.807, 2.05) is 31.2 Å². The van der Waals surface area contributed by atoms with Crippen molar-refractivity contribution in [1.82, 2.24) is 20.1 Å². The fraction of sp³-hybridized carbons (Fsp3) is 0.143. The van der Waals surface area contributed by atoms with Crippen molar-refractivity contribution in [2.45, 2.75) is 13.3 Å². The highest BCUT2D eigenvalue weighted by molar-refractivity contribution is 6.30. The first-order valence-corrected chi connectivity index (χ1v) is 6.44. The average molecular weight is 287 g/mol. The van der Waals surface area contributed by atoms with Crippen molar-refractivity contribution in [2.24, 2.45) is 0 Å². The zero-order valence-electron chi connectivity index (χ0n) is 10.7. The molecule has 0 aliphatic heterocycles. The molecular formula is C14H11ClN4O. The Balaban J connectivity index is 1.80. The van der Waals surface area contributed by atoms with E-state index in [1.165, 1.54) is 0 Å². The van der Waals surface area contributed by atoms with Gasteiger partial charge in [0.25, 0.3) is 5.89 Å². The van der Waals surface area contributed by atoms with Gasteiger partial charge in [-0.25, -0.2) is 9.97 Å². The standard InChI is InChI=1S/C14H11ClN4O/c1-9-16-7-11(8-17-9)14-18-13(19-20-14)6-10-2-4-12(15)5-3-10/h2-5,7-8H,6H2,1H3. The molecule has 0 amide bonds. The van der Waals surface area contributed by atoms with E-state index in [0.717, 1.165) is 5.56 Å². The van der Waals surface area contributed by atoms with Crippen molar-refractivity contribution in [3.05, 3.63) is 58.9 Å². The summed E-state index contributed by atoms with van der Waals surface area (Å²) in [5.41, 5.74) is 1.78. The molecule has 0 fully saturated rings. The highest BCUT2D eigenvalue weighted by Crippen LogP contribution is 2.17. The lowest BCUT2D eigenvalue weighted by molar-refractivity contribution is 0.423. The minimum absolute atomic E-state index is 0.425. The van der Waals surface area contributed by atoms with Gasteiger partial charge in [-0.15, -0.1) is 0 Å². The van der Waals surface area contributed by atoms with Gasteiger partial charge in [0.2, 0.25) is 0 Å². The van der Waals surface area contributed by atoms with E-state index in [-0.39, 0.29) is 0 Å². The van der Waals surface area contributed by atoms with Crippen LogP contribution < -0.4 is 0 Å². The Labute approximate surface area is 120 Å². The smallest absolute Gasteiger partial charge is 0.261 e. The second-order valence-corrected chi connectivity index (χ2v) is 4.77. The number of nitrogens with zero attached hydrogens (tertiary/aromatic N) is 4. The summed E-state index contributed by atoms with van der Waals surface area (Å²) in [6.45, 7) is 1.82. The number of hydrogen-bond donors (Lipinski definition) is 0. The first kappa shape index (κ1) is 12.7. The maximum Gasteiger partial charge on any atom is 0.261 e. The van der Waals surface area contributed by atoms with E-state index < -0.39 is 0 Å². The summed E-state index contributed by atoms with van der Waals surface area (Å²) in [5, 5.41) is 4.67. The van der Waals surface area contributed by atoms with Crippen LogP contribution in [0.3, 0.4) is 0 Å². The van der Waals surface area contributed by atoms with Crippen molar-refractivity contribution < 1.29 is 4.52 Å². The summed E-state index contributed by atoms with van der Waals surface area (Å²) in [5.74, 6) is 1.74. The van der Waals surface area contributed by atoms with Crippen molar-refractivity contribution in [1.29, 1.82) is 0 Å². The molecule has 0 spiro atoms. The van der Waals surface area contributed by atoms with Crippen LogP contribution in [-0.2, 0) is 6.42 Å². The number of aryl methyl sites for hydroxylation is 1. The van der Waals surface area contributed by atoms with Gasteiger partial charge in [-0.05, 0) is 24.6 Å². The second-order valence-electron chi connectivity index (χ2n) is 4.34. The molecule has 3 rings (SSSR count). The molecule has 5 nitrogen and oxygen atoms in total. The lowest BCUT2D eigenvalue weighted by Gasteiger charge is -1.96. The van der Waals surface area contributed by atoms with Crippen LogP contribution in [0, 0.1) is 6.92 Å². The zero-order chi connectivity index (χ0) is 13.9. The van der Waals surface area contributed by atoms with Gasteiger partial charge in [0.1, 0.15) is 5.82 Å². The highest BCUT2D eigenvalue weighted by atomic mass is 35.5. The van der Waals surface area contributed by atoms with E-state index in [2.05, 4.69) is 20.1 Å². The summed E-state index contributed by atoms with van der Waals surface area (Å²) in [4.78, 5) is 12.5. The van der Waals surface area contributed by atoms with E-state index in [1.54, 1.807) is 12.4 Å². The molecule has 0 bridgehead atoms. The molecule has 0 radical (unpaired) electrons. The summed E-state index contributed by atoms with van der Waals surface area (Å²) >= 11 is 5.85. The molecule has 0 aliphatic carbocycles. The van der Waals surface area contributed by atoms with Crippen molar-refractivity contribution >= 4 is 11.6 Å². The van der Waals surface area contributed by atoms with Gasteiger partial charge < -0.3 is 4.52 Å². The molecule has 0 atom stereocenters. The first-order chi connectivity index (χ1) is 9.70. The third-order valence-electron chi connectivity index (χ3n) is 2.77. The molecular weight excluding hydrogens is 276 g/mol.